The molecule has 0 spiro atoms. The molecule has 7 heteroatoms. The number of amides is 1. The minimum absolute atomic E-state index is 0.185. The van der Waals surface area contributed by atoms with Crippen molar-refractivity contribution in [3.8, 4) is 5.75 Å². The molecule has 4 nitrogen and oxygen atoms in total. The van der Waals surface area contributed by atoms with Crippen molar-refractivity contribution in [3.63, 3.8) is 0 Å². The highest BCUT2D eigenvalue weighted by molar-refractivity contribution is 5.83. The minimum atomic E-state index is -4.36. The molecule has 0 heterocycles. The summed E-state index contributed by atoms with van der Waals surface area (Å²) < 4.78 is 44.2. The molecule has 0 aromatic heterocycles. The quantitative estimate of drug-likeness (QED) is 0.449. The van der Waals surface area contributed by atoms with E-state index in [4.69, 9.17) is 4.74 Å². The maximum Gasteiger partial charge on any atom is 0.416 e. The van der Waals surface area contributed by atoms with Crippen LogP contribution in [-0.2, 0) is 17.4 Å². The molecule has 0 aliphatic rings. The summed E-state index contributed by atoms with van der Waals surface area (Å²) in [4.78, 5) is 12.7. The van der Waals surface area contributed by atoms with Crippen LogP contribution in [0.2, 0.25) is 0 Å². The van der Waals surface area contributed by atoms with Gasteiger partial charge >= 0.3 is 6.18 Å². The number of likely N-dealkylation sites (N-methyl/N-ethyl adjacent to an activating group) is 1. The molecule has 174 valence electrons. The van der Waals surface area contributed by atoms with Crippen LogP contribution in [0.4, 0.5) is 13.2 Å². The lowest BCUT2D eigenvalue weighted by Crippen LogP contribution is -2.38. The van der Waals surface area contributed by atoms with Gasteiger partial charge in [-0.1, -0.05) is 60.7 Å². The average Bonchev–Trinajstić information content (AvgIpc) is 2.84. The summed E-state index contributed by atoms with van der Waals surface area (Å²) in [6.45, 7) is 0. The topological polar surface area (TPSA) is 50.4 Å². The van der Waals surface area contributed by atoms with Crippen molar-refractivity contribution >= 4 is 5.91 Å². The van der Waals surface area contributed by atoms with Crippen molar-refractivity contribution in [2.75, 3.05) is 14.2 Å². The maximum atomic E-state index is 12.9. The molecule has 0 aliphatic heterocycles. The van der Waals surface area contributed by atoms with Gasteiger partial charge in [0, 0.05) is 18.7 Å². The van der Waals surface area contributed by atoms with Crippen LogP contribution in [0.25, 0.3) is 0 Å². The van der Waals surface area contributed by atoms with Gasteiger partial charge in [0.15, 0.2) is 0 Å². The Kier molecular flexibility index (Phi) is 8.11. The van der Waals surface area contributed by atoms with Crippen molar-refractivity contribution in [2.24, 2.45) is 0 Å². The fraction of sp³-hybridized carbons (Fsp3) is 0.269. The Morgan fingerprint density at radius 1 is 0.939 bits per heavy atom. The lowest BCUT2D eigenvalue weighted by atomic mass is 9.95. The van der Waals surface area contributed by atoms with Crippen LogP contribution >= 0.6 is 0 Å². The van der Waals surface area contributed by atoms with Crippen molar-refractivity contribution in [3.05, 3.63) is 101 Å². The van der Waals surface area contributed by atoms with Gasteiger partial charge in [-0.25, -0.2) is 0 Å². The number of ether oxygens (including phenoxy) is 1. The molecule has 3 aromatic carbocycles. The smallest absolute Gasteiger partial charge is 0.416 e. The van der Waals surface area contributed by atoms with Crippen LogP contribution in [0, 0.1) is 0 Å². The van der Waals surface area contributed by atoms with E-state index < -0.39 is 17.8 Å². The largest absolute Gasteiger partial charge is 0.496 e. The third-order valence-corrected chi connectivity index (χ3v) is 5.53. The van der Waals surface area contributed by atoms with Crippen LogP contribution in [-0.4, -0.2) is 20.1 Å². The highest BCUT2D eigenvalue weighted by atomic mass is 19.4. The average molecular weight is 457 g/mol. The van der Waals surface area contributed by atoms with Gasteiger partial charge in [-0.15, -0.1) is 0 Å². The zero-order chi connectivity index (χ0) is 23.8. The van der Waals surface area contributed by atoms with Crippen molar-refractivity contribution < 1.29 is 22.7 Å². The molecule has 3 rings (SSSR count). The van der Waals surface area contributed by atoms with Gasteiger partial charge in [0.25, 0.3) is 0 Å². The van der Waals surface area contributed by atoms with Gasteiger partial charge in [0.1, 0.15) is 11.8 Å². The molecule has 33 heavy (non-hydrogen) atoms. The number of hydrogen-bond acceptors (Lipinski definition) is 3. The van der Waals surface area contributed by atoms with Gasteiger partial charge in [-0.3, -0.25) is 10.1 Å². The molecule has 3 aromatic rings. The fourth-order valence-electron chi connectivity index (χ4n) is 3.77. The second kappa shape index (κ2) is 11.0. The number of rotatable bonds is 9. The summed E-state index contributed by atoms with van der Waals surface area (Å²) >= 11 is 0. The number of carbonyl (C=O) groups excluding carboxylic acids is 1. The first-order chi connectivity index (χ1) is 15.8. The zero-order valence-corrected chi connectivity index (χ0v) is 18.5. The molecular weight excluding hydrogens is 429 g/mol. The number of halogens is 3. The van der Waals surface area contributed by atoms with Gasteiger partial charge in [-0.05, 0) is 42.2 Å². The zero-order valence-electron chi connectivity index (χ0n) is 18.5. The Morgan fingerprint density at radius 3 is 2.18 bits per heavy atom. The number of aryl methyl sites for hydroxylation is 1. The predicted molar refractivity (Wildman–Crippen MR) is 122 cm³/mol. The first-order valence-electron chi connectivity index (χ1n) is 10.6. The first-order valence-corrected chi connectivity index (χ1v) is 10.6. The highest BCUT2D eigenvalue weighted by Gasteiger charge is 2.30. The Hall–Kier alpha value is -3.32. The number of carbonyl (C=O) groups is 1. The van der Waals surface area contributed by atoms with E-state index in [1.807, 2.05) is 54.6 Å². The van der Waals surface area contributed by atoms with Crippen LogP contribution in [0.1, 0.15) is 40.8 Å². The molecule has 0 unspecified atom stereocenters. The second-order valence-electron chi connectivity index (χ2n) is 7.65. The van der Waals surface area contributed by atoms with Crippen molar-refractivity contribution in [2.45, 2.75) is 31.1 Å². The van der Waals surface area contributed by atoms with Crippen LogP contribution in [0.15, 0.2) is 78.9 Å². The standard InChI is InChI=1S/C26H27F3N2O2/c1-30-25(32)24(19-8-4-3-5-9-19)31-22(21-10-6-7-11-23(21)33-2)17-14-18-12-15-20(16-13-18)26(27,28)29/h3-13,15-16,22,24,31H,14,17H2,1-2H3,(H,30,32)/t22-,24+/m1/s1. The lowest BCUT2D eigenvalue weighted by Gasteiger charge is -2.27. The van der Waals surface area contributed by atoms with Crippen LogP contribution in [0.3, 0.4) is 0 Å². The normalized spacial score (nSPS) is 13.2. The Morgan fingerprint density at radius 2 is 1.58 bits per heavy atom. The molecule has 2 N–H and O–H groups in total. The molecule has 0 bridgehead atoms. The second-order valence-corrected chi connectivity index (χ2v) is 7.65. The summed E-state index contributed by atoms with van der Waals surface area (Å²) in [6.07, 6.45) is -3.30. The van der Waals surface area contributed by atoms with E-state index in [0.29, 0.717) is 18.6 Å². The van der Waals surface area contributed by atoms with E-state index in [9.17, 15) is 18.0 Å². The third-order valence-electron chi connectivity index (χ3n) is 5.53. The van der Waals surface area contributed by atoms with Crippen molar-refractivity contribution in [1.82, 2.24) is 10.6 Å². The van der Waals surface area contributed by atoms with E-state index in [-0.39, 0.29) is 11.9 Å². The Balaban J connectivity index is 1.88. The number of benzene rings is 3. The number of hydrogen-bond donors (Lipinski definition) is 2. The molecule has 0 radical (unpaired) electrons. The molecule has 0 aliphatic carbocycles. The van der Waals surface area contributed by atoms with E-state index in [2.05, 4.69) is 10.6 Å². The van der Waals surface area contributed by atoms with E-state index >= 15 is 0 Å². The van der Waals surface area contributed by atoms with Crippen molar-refractivity contribution in [1.29, 1.82) is 0 Å². The van der Waals surface area contributed by atoms with E-state index in [1.165, 1.54) is 12.1 Å². The molecular formula is C26H27F3N2O2. The maximum absolute atomic E-state index is 12.9. The highest BCUT2D eigenvalue weighted by Crippen LogP contribution is 2.32. The summed E-state index contributed by atoms with van der Waals surface area (Å²) in [5.41, 5.74) is 1.79. The number of nitrogens with one attached hydrogen (secondary N) is 2. The van der Waals surface area contributed by atoms with Crippen LogP contribution in [0.5, 0.6) is 5.75 Å². The van der Waals surface area contributed by atoms with Gasteiger partial charge < -0.3 is 10.1 Å². The van der Waals surface area contributed by atoms with E-state index in [0.717, 1.165) is 28.8 Å². The number of alkyl halides is 3. The number of methoxy groups -OCH3 is 1. The molecule has 2 atom stereocenters. The third kappa shape index (κ3) is 6.35. The Labute approximate surface area is 191 Å². The summed E-state index contributed by atoms with van der Waals surface area (Å²) in [5.74, 6) is 0.488. The monoisotopic (exact) mass is 456 g/mol. The van der Waals surface area contributed by atoms with E-state index in [1.54, 1.807) is 14.2 Å². The SMILES string of the molecule is CNC(=O)[C@@H](N[C@H](CCc1ccc(C(F)(F)F)cc1)c1ccccc1OC)c1ccccc1. The van der Waals surface area contributed by atoms with Gasteiger partial charge in [-0.2, -0.15) is 13.2 Å². The molecule has 0 saturated heterocycles. The van der Waals surface area contributed by atoms with Gasteiger partial charge in [0.2, 0.25) is 5.91 Å². The Bertz CT molecular complexity index is 1040. The molecule has 0 saturated carbocycles. The molecule has 1 amide bonds. The minimum Gasteiger partial charge on any atom is -0.496 e. The molecule has 0 fully saturated rings. The lowest BCUT2D eigenvalue weighted by molar-refractivity contribution is -0.137. The summed E-state index contributed by atoms with van der Waals surface area (Å²) in [7, 11) is 3.17. The predicted octanol–water partition coefficient (Wildman–Crippen LogP) is 5.46. The first kappa shape index (κ1) is 24.3. The van der Waals surface area contributed by atoms with Gasteiger partial charge in [0.05, 0.1) is 12.7 Å². The number of para-hydroxylation sites is 1. The fourth-order valence-corrected chi connectivity index (χ4v) is 3.77. The summed E-state index contributed by atoms with van der Waals surface area (Å²) in [5, 5.41) is 6.15. The van der Waals surface area contributed by atoms with Crippen LogP contribution < -0.4 is 15.4 Å². The summed E-state index contributed by atoms with van der Waals surface area (Å²) in [6, 6.07) is 21.2.